The lowest BCUT2D eigenvalue weighted by Gasteiger charge is -2.27. The first-order valence-electron chi connectivity index (χ1n) is 4.64. The largest absolute Gasteiger partial charge is 0.475 e. The molecule has 1 N–H and O–H groups in total. The van der Waals surface area contributed by atoms with Gasteiger partial charge in [0.2, 0.25) is 0 Å². The van der Waals surface area contributed by atoms with Crippen LogP contribution < -0.4 is 0 Å². The molecular formula is C11H10O4. The van der Waals surface area contributed by atoms with Crippen molar-refractivity contribution in [2.45, 2.75) is 5.92 Å². The summed E-state index contributed by atoms with van der Waals surface area (Å²) in [4.78, 5) is 22.0. The van der Waals surface area contributed by atoms with Gasteiger partial charge in [-0.1, -0.05) is 24.3 Å². The van der Waals surface area contributed by atoms with Crippen LogP contribution in [-0.4, -0.2) is 30.1 Å². The summed E-state index contributed by atoms with van der Waals surface area (Å²) in [5.41, 5.74) is 1.05. The predicted octanol–water partition coefficient (Wildman–Crippen LogP) is 1.07. The zero-order valence-corrected chi connectivity index (χ0v) is 7.97. The van der Waals surface area contributed by atoms with E-state index in [2.05, 4.69) is 0 Å². The van der Waals surface area contributed by atoms with Crippen LogP contribution in [0.1, 0.15) is 21.8 Å². The summed E-state index contributed by atoms with van der Waals surface area (Å²) < 4.78 is 5.03. The minimum absolute atomic E-state index is 0.157. The van der Waals surface area contributed by atoms with Gasteiger partial charge in [0.15, 0.2) is 0 Å². The van der Waals surface area contributed by atoms with E-state index < -0.39 is 11.8 Å². The molecule has 0 aromatic heterocycles. The van der Waals surface area contributed by atoms with E-state index in [1.54, 1.807) is 24.3 Å². The topological polar surface area (TPSA) is 63.6 Å². The molecule has 4 heteroatoms. The van der Waals surface area contributed by atoms with Gasteiger partial charge in [0.25, 0.3) is 5.78 Å². The van der Waals surface area contributed by atoms with Crippen molar-refractivity contribution in [1.29, 1.82) is 0 Å². The van der Waals surface area contributed by atoms with Crippen molar-refractivity contribution >= 4 is 11.8 Å². The molecule has 1 aromatic carbocycles. The number of rotatable bonds is 3. The molecule has 0 unspecified atom stereocenters. The number of carboxylic acid groups (broad SMARTS) is 1. The second-order valence-electron chi connectivity index (χ2n) is 3.46. The fourth-order valence-corrected chi connectivity index (χ4v) is 1.59. The Labute approximate surface area is 86.5 Å². The summed E-state index contributed by atoms with van der Waals surface area (Å²) >= 11 is 0. The molecular weight excluding hydrogens is 196 g/mol. The van der Waals surface area contributed by atoms with Gasteiger partial charge in [-0.05, 0) is 5.56 Å². The van der Waals surface area contributed by atoms with Crippen molar-refractivity contribution in [1.82, 2.24) is 0 Å². The van der Waals surface area contributed by atoms with Crippen LogP contribution in [0, 0.1) is 0 Å². The number of benzene rings is 1. The standard InChI is InChI=1S/C11H10O4/c12-10(11(13)14)9-4-2-1-3-8(9)7-5-15-6-7/h1-4,7H,5-6H2,(H,13,14). The lowest BCUT2D eigenvalue weighted by molar-refractivity contribution is -0.131. The average Bonchev–Trinajstić information content (AvgIpc) is 2.15. The van der Waals surface area contributed by atoms with E-state index in [4.69, 9.17) is 9.84 Å². The molecule has 1 aromatic rings. The number of ketones is 1. The monoisotopic (exact) mass is 206 g/mol. The molecule has 1 aliphatic rings. The number of hydrogen-bond donors (Lipinski definition) is 1. The lowest BCUT2D eigenvalue weighted by atomic mass is 9.91. The molecule has 1 heterocycles. The molecule has 1 saturated heterocycles. The smallest absolute Gasteiger partial charge is 0.377 e. The SMILES string of the molecule is O=C(O)C(=O)c1ccccc1C1COC1. The summed E-state index contributed by atoms with van der Waals surface area (Å²) in [6.45, 7) is 1.12. The maximum Gasteiger partial charge on any atom is 0.377 e. The first-order valence-corrected chi connectivity index (χ1v) is 4.64. The third-order valence-electron chi connectivity index (χ3n) is 2.48. The molecule has 0 amide bonds. The maximum absolute atomic E-state index is 11.4. The Bertz CT molecular complexity index is 407. The van der Waals surface area contributed by atoms with Crippen LogP contribution in [0.5, 0.6) is 0 Å². The number of carbonyl (C=O) groups excluding carboxylic acids is 1. The molecule has 0 atom stereocenters. The van der Waals surface area contributed by atoms with Gasteiger partial charge in [0.1, 0.15) is 0 Å². The van der Waals surface area contributed by atoms with Crippen LogP contribution in [0.2, 0.25) is 0 Å². The zero-order chi connectivity index (χ0) is 10.8. The number of carbonyl (C=O) groups is 2. The van der Waals surface area contributed by atoms with Gasteiger partial charge in [-0.3, -0.25) is 4.79 Å². The second kappa shape index (κ2) is 3.82. The van der Waals surface area contributed by atoms with Crippen LogP contribution in [0.15, 0.2) is 24.3 Å². The van der Waals surface area contributed by atoms with Crippen LogP contribution in [0.25, 0.3) is 0 Å². The molecule has 0 spiro atoms. The zero-order valence-electron chi connectivity index (χ0n) is 7.97. The molecule has 0 aliphatic carbocycles. The molecule has 15 heavy (non-hydrogen) atoms. The highest BCUT2D eigenvalue weighted by Gasteiger charge is 2.27. The number of ether oxygens (including phenoxy) is 1. The second-order valence-corrected chi connectivity index (χ2v) is 3.46. The van der Waals surface area contributed by atoms with Crippen molar-refractivity contribution in [2.75, 3.05) is 13.2 Å². The summed E-state index contributed by atoms with van der Waals surface area (Å²) in [6, 6.07) is 6.79. The van der Waals surface area contributed by atoms with E-state index in [9.17, 15) is 9.59 Å². The predicted molar refractivity (Wildman–Crippen MR) is 52.0 cm³/mol. The number of carboxylic acids is 1. The lowest BCUT2D eigenvalue weighted by Crippen LogP contribution is -2.28. The third kappa shape index (κ3) is 1.76. The van der Waals surface area contributed by atoms with E-state index >= 15 is 0 Å². The van der Waals surface area contributed by atoms with Crippen LogP contribution >= 0.6 is 0 Å². The summed E-state index contributed by atoms with van der Waals surface area (Å²) in [5, 5.41) is 8.65. The van der Waals surface area contributed by atoms with Gasteiger partial charge in [0.05, 0.1) is 13.2 Å². The van der Waals surface area contributed by atoms with Gasteiger partial charge < -0.3 is 9.84 Å². The number of aliphatic carboxylic acids is 1. The van der Waals surface area contributed by atoms with Gasteiger partial charge in [-0.2, -0.15) is 0 Å². The van der Waals surface area contributed by atoms with Crippen molar-refractivity contribution in [3.05, 3.63) is 35.4 Å². The molecule has 0 saturated carbocycles. The number of hydrogen-bond acceptors (Lipinski definition) is 3. The first-order chi connectivity index (χ1) is 7.20. The summed E-state index contributed by atoms with van der Waals surface area (Å²) in [6.07, 6.45) is 0. The molecule has 1 fully saturated rings. The fraction of sp³-hybridized carbons (Fsp3) is 0.273. The van der Waals surface area contributed by atoms with E-state index in [0.29, 0.717) is 13.2 Å². The summed E-state index contributed by atoms with van der Waals surface area (Å²) in [7, 11) is 0. The van der Waals surface area contributed by atoms with Gasteiger partial charge in [-0.25, -0.2) is 4.79 Å². The Hall–Kier alpha value is -1.68. The Balaban J connectivity index is 2.37. The van der Waals surface area contributed by atoms with E-state index in [-0.39, 0.29) is 11.5 Å². The van der Waals surface area contributed by atoms with Gasteiger partial charge in [0, 0.05) is 11.5 Å². The highest BCUT2D eigenvalue weighted by molar-refractivity contribution is 6.40. The highest BCUT2D eigenvalue weighted by atomic mass is 16.5. The maximum atomic E-state index is 11.4. The molecule has 4 nitrogen and oxygen atoms in total. The van der Waals surface area contributed by atoms with Gasteiger partial charge >= 0.3 is 5.97 Å². The molecule has 0 radical (unpaired) electrons. The van der Waals surface area contributed by atoms with Crippen LogP contribution in [0.4, 0.5) is 0 Å². The first kappa shape index (κ1) is 9.86. The molecule has 2 rings (SSSR count). The van der Waals surface area contributed by atoms with E-state index in [0.717, 1.165) is 5.56 Å². The molecule has 0 bridgehead atoms. The Morgan fingerprint density at radius 1 is 1.27 bits per heavy atom. The Morgan fingerprint density at radius 3 is 2.47 bits per heavy atom. The van der Waals surface area contributed by atoms with Crippen molar-refractivity contribution in [2.24, 2.45) is 0 Å². The Kier molecular flexibility index (Phi) is 2.51. The van der Waals surface area contributed by atoms with Crippen LogP contribution in [0.3, 0.4) is 0 Å². The van der Waals surface area contributed by atoms with Crippen LogP contribution in [-0.2, 0) is 9.53 Å². The number of Topliss-reactive ketones (excluding diaryl/α,β-unsaturated/α-hetero) is 1. The highest BCUT2D eigenvalue weighted by Crippen LogP contribution is 2.27. The molecule has 78 valence electrons. The van der Waals surface area contributed by atoms with Gasteiger partial charge in [-0.15, -0.1) is 0 Å². The van der Waals surface area contributed by atoms with Crippen molar-refractivity contribution < 1.29 is 19.4 Å². The Morgan fingerprint density at radius 2 is 1.93 bits per heavy atom. The van der Waals surface area contributed by atoms with E-state index in [1.165, 1.54) is 0 Å². The normalized spacial score (nSPS) is 15.7. The average molecular weight is 206 g/mol. The summed E-state index contributed by atoms with van der Waals surface area (Å²) in [5.74, 6) is -2.11. The minimum atomic E-state index is -1.41. The third-order valence-corrected chi connectivity index (χ3v) is 2.48. The van der Waals surface area contributed by atoms with Crippen molar-refractivity contribution in [3.8, 4) is 0 Å². The quantitative estimate of drug-likeness (QED) is 0.593. The van der Waals surface area contributed by atoms with E-state index in [1.807, 2.05) is 0 Å². The van der Waals surface area contributed by atoms with Crippen molar-refractivity contribution in [3.63, 3.8) is 0 Å². The molecule has 1 aliphatic heterocycles. The minimum Gasteiger partial charge on any atom is -0.475 e. The fourth-order valence-electron chi connectivity index (χ4n) is 1.59.